The number of nitrogens with zero attached hydrogens (tertiary/aromatic N) is 1. The van der Waals surface area contributed by atoms with Crippen LogP contribution in [0.3, 0.4) is 0 Å². The Hall–Kier alpha value is -0.500. The van der Waals surface area contributed by atoms with Crippen LogP contribution >= 0.6 is 23.4 Å². The third-order valence-electron chi connectivity index (χ3n) is 2.74. The average Bonchev–Trinajstić information content (AvgIpc) is 2.44. The Morgan fingerprint density at radius 1 is 1.48 bits per heavy atom. The van der Waals surface area contributed by atoms with E-state index in [2.05, 4.69) is 15.0 Å². The first kappa shape index (κ1) is 18.5. The number of sulfonamides is 1. The molecule has 0 fully saturated rings. The van der Waals surface area contributed by atoms with Crippen LogP contribution in [0.25, 0.3) is 0 Å². The van der Waals surface area contributed by atoms with Crippen molar-refractivity contribution in [1.82, 2.24) is 9.71 Å². The van der Waals surface area contributed by atoms with Crippen LogP contribution in [-0.4, -0.2) is 38.5 Å². The molecule has 0 aromatic carbocycles. The summed E-state index contributed by atoms with van der Waals surface area (Å²) < 4.78 is 27.0. The third kappa shape index (κ3) is 6.02. The Morgan fingerprint density at radius 2 is 2.19 bits per heavy atom. The van der Waals surface area contributed by atoms with Gasteiger partial charge in [-0.15, -0.1) is 0 Å². The predicted molar refractivity (Wildman–Crippen MR) is 90.8 cm³/mol. The largest absolute Gasteiger partial charge is 0.369 e. The number of thioether (sulfide) groups is 1. The zero-order valence-corrected chi connectivity index (χ0v) is 14.9. The smallest absolute Gasteiger partial charge is 0.242 e. The van der Waals surface area contributed by atoms with Crippen molar-refractivity contribution in [2.45, 2.75) is 25.2 Å². The Kier molecular flexibility index (Phi) is 7.79. The number of halogens is 1. The predicted octanol–water partition coefficient (Wildman–Crippen LogP) is 2.83. The first-order valence-corrected chi connectivity index (χ1v) is 10.0. The average molecular weight is 352 g/mol. The second-order valence-corrected chi connectivity index (χ2v) is 7.93. The highest BCUT2D eigenvalue weighted by molar-refractivity contribution is 7.98. The molecule has 1 rings (SSSR count). The molecule has 0 radical (unpaired) electrons. The molecule has 0 spiro atoms. The highest BCUT2D eigenvalue weighted by Gasteiger charge is 2.17. The minimum atomic E-state index is -3.57. The van der Waals surface area contributed by atoms with E-state index < -0.39 is 10.0 Å². The molecule has 0 aliphatic heterocycles. The topological polar surface area (TPSA) is 71.1 Å². The van der Waals surface area contributed by atoms with Crippen LogP contribution in [-0.2, 0) is 10.0 Å². The fourth-order valence-electron chi connectivity index (χ4n) is 1.62. The van der Waals surface area contributed by atoms with E-state index in [1.54, 1.807) is 11.8 Å². The summed E-state index contributed by atoms with van der Waals surface area (Å²) in [6.45, 7) is 5.17. The van der Waals surface area contributed by atoms with E-state index in [0.717, 1.165) is 18.7 Å². The van der Waals surface area contributed by atoms with E-state index in [1.807, 2.05) is 20.1 Å². The summed E-state index contributed by atoms with van der Waals surface area (Å²) in [6.07, 6.45) is 4.26. The van der Waals surface area contributed by atoms with Crippen molar-refractivity contribution in [3.63, 3.8) is 0 Å². The van der Waals surface area contributed by atoms with E-state index >= 15 is 0 Å². The van der Waals surface area contributed by atoms with Gasteiger partial charge in [0.1, 0.15) is 10.7 Å². The summed E-state index contributed by atoms with van der Waals surface area (Å²) in [5, 5.41) is 3.36. The minimum absolute atomic E-state index is 0.0888. The molecule has 8 heteroatoms. The van der Waals surface area contributed by atoms with E-state index in [-0.39, 0.29) is 10.8 Å². The molecular weight excluding hydrogens is 330 g/mol. The van der Waals surface area contributed by atoms with Crippen LogP contribution < -0.4 is 10.0 Å². The lowest BCUT2D eigenvalue weighted by Gasteiger charge is -2.12. The van der Waals surface area contributed by atoms with Crippen LogP contribution in [0.1, 0.15) is 20.3 Å². The molecule has 0 bridgehead atoms. The van der Waals surface area contributed by atoms with E-state index in [9.17, 15) is 8.42 Å². The number of nitrogens with one attached hydrogen (secondary N) is 2. The number of hydrogen-bond acceptors (Lipinski definition) is 5. The molecule has 21 heavy (non-hydrogen) atoms. The molecular formula is C13H22ClN3O2S2. The summed E-state index contributed by atoms with van der Waals surface area (Å²) in [4.78, 5) is 4.17. The highest BCUT2D eigenvalue weighted by Crippen LogP contribution is 2.22. The van der Waals surface area contributed by atoms with Gasteiger partial charge < -0.3 is 5.32 Å². The van der Waals surface area contributed by atoms with Crippen molar-refractivity contribution < 1.29 is 8.42 Å². The second kappa shape index (κ2) is 8.82. The first-order chi connectivity index (χ1) is 9.90. The Morgan fingerprint density at radius 3 is 2.76 bits per heavy atom. The normalized spacial score (nSPS) is 13.1. The monoisotopic (exact) mass is 351 g/mol. The first-order valence-electron chi connectivity index (χ1n) is 6.78. The molecule has 1 aromatic heterocycles. The number of pyridine rings is 1. The molecule has 1 heterocycles. The van der Waals surface area contributed by atoms with Gasteiger partial charge in [-0.25, -0.2) is 18.1 Å². The van der Waals surface area contributed by atoms with E-state index in [4.69, 9.17) is 11.6 Å². The van der Waals surface area contributed by atoms with Gasteiger partial charge in [-0.05, 0) is 30.4 Å². The van der Waals surface area contributed by atoms with Crippen molar-refractivity contribution in [3.8, 4) is 0 Å². The van der Waals surface area contributed by atoms with Crippen molar-refractivity contribution in [1.29, 1.82) is 0 Å². The number of aromatic nitrogens is 1. The van der Waals surface area contributed by atoms with Gasteiger partial charge in [0.25, 0.3) is 0 Å². The second-order valence-electron chi connectivity index (χ2n) is 4.84. The fraction of sp³-hybridized carbons (Fsp3) is 0.615. The van der Waals surface area contributed by atoms with Crippen molar-refractivity contribution in [2.75, 3.05) is 30.4 Å². The van der Waals surface area contributed by atoms with Gasteiger partial charge in [0, 0.05) is 19.3 Å². The maximum absolute atomic E-state index is 12.2. The summed E-state index contributed by atoms with van der Waals surface area (Å²) >= 11 is 7.75. The molecule has 120 valence electrons. The van der Waals surface area contributed by atoms with Crippen LogP contribution in [0.15, 0.2) is 17.2 Å². The summed E-state index contributed by atoms with van der Waals surface area (Å²) in [7, 11) is -3.57. The van der Waals surface area contributed by atoms with Crippen molar-refractivity contribution in [3.05, 3.63) is 17.3 Å². The Labute approximate surface area is 136 Å². The van der Waals surface area contributed by atoms with Gasteiger partial charge in [0.15, 0.2) is 0 Å². The maximum atomic E-state index is 12.2. The summed E-state index contributed by atoms with van der Waals surface area (Å²) in [6, 6.07) is 1.42. The molecule has 2 N–H and O–H groups in total. The van der Waals surface area contributed by atoms with Crippen LogP contribution in [0.4, 0.5) is 5.82 Å². The molecule has 0 aliphatic rings. The van der Waals surface area contributed by atoms with Gasteiger partial charge in [-0.1, -0.05) is 25.4 Å². The number of anilines is 1. The molecule has 1 unspecified atom stereocenters. The number of rotatable bonds is 9. The molecule has 1 atom stereocenters. The minimum Gasteiger partial charge on any atom is -0.369 e. The maximum Gasteiger partial charge on any atom is 0.242 e. The lowest BCUT2D eigenvalue weighted by Crippen LogP contribution is -2.29. The zero-order valence-electron chi connectivity index (χ0n) is 12.5. The van der Waals surface area contributed by atoms with Gasteiger partial charge in [-0.3, -0.25) is 0 Å². The molecule has 0 amide bonds. The van der Waals surface area contributed by atoms with Gasteiger partial charge >= 0.3 is 0 Å². The highest BCUT2D eigenvalue weighted by atomic mass is 35.5. The van der Waals surface area contributed by atoms with Crippen LogP contribution in [0.5, 0.6) is 0 Å². The Bertz CT molecular complexity index is 552. The zero-order chi connectivity index (χ0) is 15.9. The van der Waals surface area contributed by atoms with Crippen molar-refractivity contribution >= 4 is 39.2 Å². The number of hydrogen-bond donors (Lipinski definition) is 2. The third-order valence-corrected chi connectivity index (χ3v) is 5.32. The summed E-state index contributed by atoms with van der Waals surface area (Å²) in [5.74, 6) is 1.68. The molecule has 0 aliphatic carbocycles. The SMILES string of the molecule is CCCNc1ncc(S(=O)(=O)NCC(C)CSC)cc1Cl. The van der Waals surface area contributed by atoms with Crippen LogP contribution in [0, 0.1) is 5.92 Å². The van der Waals surface area contributed by atoms with Crippen LogP contribution in [0.2, 0.25) is 5.02 Å². The van der Waals surface area contributed by atoms with Gasteiger partial charge in [0.2, 0.25) is 10.0 Å². The molecule has 0 saturated heterocycles. The fourth-order valence-corrected chi connectivity index (χ4v) is 3.74. The lowest BCUT2D eigenvalue weighted by atomic mass is 10.2. The quantitative estimate of drug-likeness (QED) is 0.715. The van der Waals surface area contributed by atoms with Gasteiger partial charge in [-0.2, -0.15) is 11.8 Å². The van der Waals surface area contributed by atoms with E-state index in [0.29, 0.717) is 17.4 Å². The van der Waals surface area contributed by atoms with Crippen molar-refractivity contribution in [2.24, 2.45) is 5.92 Å². The molecule has 0 saturated carbocycles. The van der Waals surface area contributed by atoms with Gasteiger partial charge in [0.05, 0.1) is 5.02 Å². The standard InChI is InChI=1S/C13H22ClN3O2S2/c1-4-5-15-13-12(14)6-11(8-16-13)21(18,19)17-7-10(2)9-20-3/h6,8,10,17H,4-5,7,9H2,1-3H3,(H,15,16). The van der Waals surface area contributed by atoms with E-state index in [1.165, 1.54) is 12.3 Å². The molecule has 1 aromatic rings. The Balaban J connectivity index is 2.77. The molecule has 5 nitrogen and oxygen atoms in total. The summed E-state index contributed by atoms with van der Waals surface area (Å²) in [5.41, 5.74) is 0. The lowest BCUT2D eigenvalue weighted by molar-refractivity contribution is 0.562.